The molecule has 1 saturated carbocycles. The summed E-state index contributed by atoms with van der Waals surface area (Å²) in [5, 5.41) is 5.49. The van der Waals surface area contributed by atoms with Crippen LogP contribution in [0.2, 0.25) is 0 Å². The highest BCUT2D eigenvalue weighted by Crippen LogP contribution is 2.23. The second kappa shape index (κ2) is 6.47. The maximum absolute atomic E-state index is 11.7. The van der Waals surface area contributed by atoms with Gasteiger partial charge in [-0.1, -0.05) is 19.8 Å². The first-order chi connectivity index (χ1) is 8.04. The van der Waals surface area contributed by atoms with Gasteiger partial charge in [-0.3, -0.25) is 0 Å². The fourth-order valence-corrected chi connectivity index (χ4v) is 2.17. The largest absolute Gasteiger partial charge is 0.467 e. The van der Waals surface area contributed by atoms with E-state index in [1.165, 1.54) is 13.5 Å². The molecule has 0 bridgehead atoms. The van der Waals surface area contributed by atoms with Crippen LogP contribution >= 0.6 is 0 Å². The summed E-state index contributed by atoms with van der Waals surface area (Å²) in [6.45, 7) is 3.75. The van der Waals surface area contributed by atoms with Gasteiger partial charge in [0.2, 0.25) is 0 Å². The molecule has 1 rings (SSSR count). The third-order valence-electron chi connectivity index (χ3n) is 3.33. The molecule has 0 saturated heterocycles. The zero-order valence-corrected chi connectivity index (χ0v) is 10.8. The number of methoxy groups -OCH3 is 1. The predicted molar refractivity (Wildman–Crippen MR) is 64.6 cm³/mol. The molecular weight excluding hydrogens is 220 g/mol. The first-order valence-electron chi connectivity index (χ1n) is 6.19. The van der Waals surface area contributed by atoms with Crippen molar-refractivity contribution < 1.29 is 14.3 Å². The number of nitrogens with one attached hydrogen (secondary N) is 2. The first kappa shape index (κ1) is 13.8. The van der Waals surface area contributed by atoms with Crippen molar-refractivity contribution >= 4 is 12.0 Å². The van der Waals surface area contributed by atoms with Crippen LogP contribution < -0.4 is 10.6 Å². The average Bonchev–Trinajstić information content (AvgIpc) is 2.31. The molecule has 0 aliphatic heterocycles. The standard InChI is InChI=1S/C12H22N2O3/c1-8-6-4-5-7-10(8)14-12(16)13-9(2)11(15)17-3/h8-10H,4-7H2,1-3H3,(H2,13,14,16). The van der Waals surface area contributed by atoms with E-state index >= 15 is 0 Å². The molecule has 2 amide bonds. The molecule has 0 aromatic rings. The summed E-state index contributed by atoms with van der Waals surface area (Å²) in [5.41, 5.74) is 0. The molecule has 3 unspecified atom stereocenters. The third-order valence-corrected chi connectivity index (χ3v) is 3.33. The lowest BCUT2D eigenvalue weighted by molar-refractivity contribution is -0.142. The molecule has 1 fully saturated rings. The van der Waals surface area contributed by atoms with Crippen molar-refractivity contribution in [2.45, 2.75) is 51.6 Å². The normalized spacial score (nSPS) is 25.8. The van der Waals surface area contributed by atoms with E-state index in [-0.39, 0.29) is 12.1 Å². The lowest BCUT2D eigenvalue weighted by Gasteiger charge is -2.29. The highest BCUT2D eigenvalue weighted by molar-refractivity contribution is 5.83. The molecule has 1 aliphatic rings. The maximum atomic E-state index is 11.7. The van der Waals surface area contributed by atoms with Gasteiger partial charge in [-0.25, -0.2) is 9.59 Å². The highest BCUT2D eigenvalue weighted by Gasteiger charge is 2.24. The fourth-order valence-electron chi connectivity index (χ4n) is 2.17. The second-order valence-corrected chi connectivity index (χ2v) is 4.73. The number of carbonyl (C=O) groups is 2. The van der Waals surface area contributed by atoms with Crippen molar-refractivity contribution in [2.24, 2.45) is 5.92 Å². The Labute approximate surface area is 102 Å². The summed E-state index contributed by atoms with van der Waals surface area (Å²) in [4.78, 5) is 22.8. The van der Waals surface area contributed by atoms with Crippen LogP contribution in [-0.4, -0.2) is 31.2 Å². The number of carbonyl (C=O) groups excluding carboxylic acids is 2. The van der Waals surface area contributed by atoms with Gasteiger partial charge in [0, 0.05) is 6.04 Å². The van der Waals surface area contributed by atoms with Gasteiger partial charge in [0.1, 0.15) is 6.04 Å². The van der Waals surface area contributed by atoms with E-state index in [0.29, 0.717) is 5.92 Å². The molecule has 0 heterocycles. The zero-order valence-electron chi connectivity index (χ0n) is 10.8. The molecule has 17 heavy (non-hydrogen) atoms. The molecule has 0 radical (unpaired) electrons. The van der Waals surface area contributed by atoms with Crippen LogP contribution in [0, 0.1) is 5.92 Å². The van der Waals surface area contributed by atoms with Crippen LogP contribution in [0.25, 0.3) is 0 Å². The van der Waals surface area contributed by atoms with E-state index in [1.807, 2.05) is 0 Å². The maximum Gasteiger partial charge on any atom is 0.328 e. The topological polar surface area (TPSA) is 67.4 Å². The Morgan fingerprint density at radius 3 is 2.53 bits per heavy atom. The number of amides is 2. The molecule has 2 N–H and O–H groups in total. The molecule has 0 aromatic heterocycles. The molecule has 3 atom stereocenters. The van der Waals surface area contributed by atoms with Crippen molar-refractivity contribution in [1.82, 2.24) is 10.6 Å². The van der Waals surface area contributed by atoms with Crippen LogP contribution in [0.1, 0.15) is 39.5 Å². The van der Waals surface area contributed by atoms with Gasteiger partial charge in [-0.2, -0.15) is 0 Å². The average molecular weight is 242 g/mol. The molecule has 1 aliphatic carbocycles. The van der Waals surface area contributed by atoms with Crippen LogP contribution in [0.4, 0.5) is 4.79 Å². The van der Waals surface area contributed by atoms with E-state index in [4.69, 9.17) is 0 Å². The van der Waals surface area contributed by atoms with E-state index < -0.39 is 12.0 Å². The Morgan fingerprint density at radius 2 is 1.94 bits per heavy atom. The monoisotopic (exact) mass is 242 g/mol. The van der Waals surface area contributed by atoms with Gasteiger partial charge >= 0.3 is 12.0 Å². The number of ether oxygens (including phenoxy) is 1. The van der Waals surface area contributed by atoms with Crippen LogP contribution in [0.15, 0.2) is 0 Å². The number of hydrogen-bond donors (Lipinski definition) is 2. The number of hydrogen-bond acceptors (Lipinski definition) is 3. The minimum atomic E-state index is -0.612. The van der Waals surface area contributed by atoms with Crippen molar-refractivity contribution in [3.63, 3.8) is 0 Å². The van der Waals surface area contributed by atoms with E-state index in [1.54, 1.807) is 6.92 Å². The predicted octanol–water partition coefficient (Wildman–Crippen LogP) is 1.43. The minimum absolute atomic E-state index is 0.216. The van der Waals surface area contributed by atoms with Crippen molar-refractivity contribution in [3.8, 4) is 0 Å². The Hall–Kier alpha value is -1.26. The summed E-state index contributed by atoms with van der Waals surface area (Å²) in [5.74, 6) is 0.0692. The number of urea groups is 1. The first-order valence-corrected chi connectivity index (χ1v) is 6.19. The van der Waals surface area contributed by atoms with Gasteiger partial charge in [0.05, 0.1) is 7.11 Å². The lowest BCUT2D eigenvalue weighted by atomic mass is 9.86. The Morgan fingerprint density at radius 1 is 1.29 bits per heavy atom. The van der Waals surface area contributed by atoms with Crippen molar-refractivity contribution in [1.29, 1.82) is 0 Å². The van der Waals surface area contributed by atoms with Gasteiger partial charge in [-0.15, -0.1) is 0 Å². The molecule has 98 valence electrons. The van der Waals surface area contributed by atoms with Gasteiger partial charge in [-0.05, 0) is 25.7 Å². The third kappa shape index (κ3) is 4.24. The van der Waals surface area contributed by atoms with Gasteiger partial charge < -0.3 is 15.4 Å². The summed E-state index contributed by atoms with van der Waals surface area (Å²) < 4.78 is 4.54. The van der Waals surface area contributed by atoms with Crippen LogP contribution in [-0.2, 0) is 9.53 Å². The molecular formula is C12H22N2O3. The lowest BCUT2D eigenvalue weighted by Crippen LogP contribution is -2.50. The zero-order chi connectivity index (χ0) is 12.8. The Balaban J connectivity index is 2.35. The SMILES string of the molecule is COC(=O)C(C)NC(=O)NC1CCCCC1C. The Bertz CT molecular complexity index is 281. The summed E-state index contributed by atoms with van der Waals surface area (Å²) in [6.07, 6.45) is 4.56. The summed E-state index contributed by atoms with van der Waals surface area (Å²) in [6, 6.07) is -0.686. The Kier molecular flexibility index (Phi) is 5.25. The van der Waals surface area contributed by atoms with E-state index in [0.717, 1.165) is 19.3 Å². The van der Waals surface area contributed by atoms with Crippen molar-refractivity contribution in [2.75, 3.05) is 7.11 Å². The number of rotatable bonds is 3. The second-order valence-electron chi connectivity index (χ2n) is 4.73. The molecule has 0 spiro atoms. The van der Waals surface area contributed by atoms with Crippen LogP contribution in [0.5, 0.6) is 0 Å². The fraction of sp³-hybridized carbons (Fsp3) is 0.833. The molecule has 5 heteroatoms. The molecule has 0 aromatic carbocycles. The minimum Gasteiger partial charge on any atom is -0.467 e. The highest BCUT2D eigenvalue weighted by atomic mass is 16.5. The quantitative estimate of drug-likeness (QED) is 0.736. The smallest absolute Gasteiger partial charge is 0.328 e. The van der Waals surface area contributed by atoms with Crippen molar-refractivity contribution in [3.05, 3.63) is 0 Å². The van der Waals surface area contributed by atoms with Crippen LogP contribution in [0.3, 0.4) is 0 Å². The van der Waals surface area contributed by atoms with Gasteiger partial charge in [0.15, 0.2) is 0 Å². The van der Waals surface area contributed by atoms with E-state index in [2.05, 4.69) is 22.3 Å². The van der Waals surface area contributed by atoms with E-state index in [9.17, 15) is 9.59 Å². The number of esters is 1. The summed E-state index contributed by atoms with van der Waals surface area (Å²) in [7, 11) is 1.31. The molecule has 5 nitrogen and oxygen atoms in total. The summed E-state index contributed by atoms with van der Waals surface area (Å²) >= 11 is 0. The van der Waals surface area contributed by atoms with Gasteiger partial charge in [0.25, 0.3) is 0 Å².